The van der Waals surface area contributed by atoms with Gasteiger partial charge in [-0.1, -0.05) is 203 Å². The average molecular weight is 1060 g/mol. The first kappa shape index (κ1) is 68.8. The van der Waals surface area contributed by atoms with Crippen molar-refractivity contribution in [1.29, 1.82) is 0 Å². The number of nitrogens with one attached hydrogen (secondary N) is 1. The number of amides is 1. The highest BCUT2D eigenvalue weighted by Gasteiger charge is 2.51. The van der Waals surface area contributed by atoms with Crippen molar-refractivity contribution in [3.05, 3.63) is 60.8 Å². The molecule has 2 heterocycles. The van der Waals surface area contributed by atoms with Crippen LogP contribution in [0.25, 0.3) is 0 Å². The minimum Gasteiger partial charge on any atom is -0.394 e. The summed E-state index contributed by atoms with van der Waals surface area (Å²) >= 11 is 0. The summed E-state index contributed by atoms with van der Waals surface area (Å²) in [5.74, 6) is -0.262. The number of ether oxygens (including phenoxy) is 4. The number of aliphatic hydroxyl groups excluding tert-OH is 8. The van der Waals surface area contributed by atoms with Gasteiger partial charge in [-0.2, -0.15) is 0 Å². The number of carbonyl (C=O) groups is 1. The van der Waals surface area contributed by atoms with Gasteiger partial charge in [-0.05, 0) is 77.0 Å². The van der Waals surface area contributed by atoms with Crippen molar-refractivity contribution in [2.75, 3.05) is 19.8 Å². The summed E-state index contributed by atoms with van der Waals surface area (Å²) in [4.78, 5) is 13.2. The standard InChI is InChI=1S/C61H109NO13/c1-3-5-7-9-11-13-15-17-19-21-22-23-24-25-26-27-29-30-32-34-36-38-40-42-44-50(65)49(62-53(66)45-43-41-39-37-35-33-31-28-20-18-16-14-12-10-8-6-4-2)48-72-60-58(71)56(69)59(52(47-64)74-60)75-61-57(70)55(68)54(67)51(46-63)73-61/h12,14,18,20,27,29,34,36,42,44,49-52,54-61,63-65,67-71H,3-11,13,15-17,19,21-26,28,30-33,35,37-41,43,45-48H2,1-2H3,(H,62,66)/b14-12-,20-18-,29-27+,36-34+,44-42+. The van der Waals surface area contributed by atoms with Crippen LogP contribution in [0.2, 0.25) is 0 Å². The highest BCUT2D eigenvalue weighted by atomic mass is 16.7. The second-order valence-electron chi connectivity index (χ2n) is 21.1. The fourth-order valence-corrected chi connectivity index (χ4v) is 9.53. The minimum atomic E-state index is -1.79. The first-order chi connectivity index (χ1) is 36.6. The molecule has 2 saturated heterocycles. The van der Waals surface area contributed by atoms with E-state index in [4.69, 9.17) is 18.9 Å². The van der Waals surface area contributed by atoms with Gasteiger partial charge < -0.3 is 65.1 Å². The molecule has 1 amide bonds. The Balaban J connectivity index is 1.80. The monoisotopic (exact) mass is 1060 g/mol. The Kier molecular flexibility index (Phi) is 42.7. The van der Waals surface area contributed by atoms with Crippen LogP contribution in [0, 0.1) is 0 Å². The molecule has 75 heavy (non-hydrogen) atoms. The first-order valence-corrected chi connectivity index (χ1v) is 30.0. The lowest BCUT2D eigenvalue weighted by Gasteiger charge is -2.46. The number of unbranched alkanes of at least 4 members (excludes halogenated alkanes) is 26. The highest BCUT2D eigenvalue weighted by Crippen LogP contribution is 2.30. The lowest BCUT2D eigenvalue weighted by atomic mass is 9.97. The normalized spacial score (nSPS) is 25.5. The predicted octanol–water partition coefficient (Wildman–Crippen LogP) is 10.2. The Labute approximate surface area is 454 Å². The largest absolute Gasteiger partial charge is 0.394 e. The lowest BCUT2D eigenvalue weighted by Crippen LogP contribution is -2.65. The van der Waals surface area contributed by atoms with Gasteiger partial charge in [0.05, 0.1) is 32.0 Å². The van der Waals surface area contributed by atoms with Crippen molar-refractivity contribution in [2.45, 2.75) is 299 Å². The van der Waals surface area contributed by atoms with Crippen molar-refractivity contribution >= 4 is 5.91 Å². The van der Waals surface area contributed by atoms with Gasteiger partial charge in [-0.25, -0.2) is 0 Å². The van der Waals surface area contributed by atoms with E-state index in [0.717, 1.165) is 64.2 Å². The molecule has 9 N–H and O–H groups in total. The highest BCUT2D eigenvalue weighted by molar-refractivity contribution is 5.76. The zero-order valence-electron chi connectivity index (χ0n) is 46.8. The van der Waals surface area contributed by atoms with E-state index in [2.05, 4.69) is 67.8 Å². The lowest BCUT2D eigenvalue weighted by molar-refractivity contribution is -0.359. The molecule has 0 aromatic carbocycles. The smallest absolute Gasteiger partial charge is 0.220 e. The Morgan fingerprint density at radius 3 is 1.41 bits per heavy atom. The van der Waals surface area contributed by atoms with E-state index in [1.165, 1.54) is 128 Å². The second kappa shape index (κ2) is 46.6. The SMILES string of the molecule is CCCCC/C=C\C/C=C\CCCCCCCCCC(=O)NC(COC1OC(CO)C(OC2OC(CO)C(O)C(O)C2O)C(O)C1O)C(O)/C=C/CC/C=C/CC/C=C/CCCCCCCCCCCCCCCC. The first-order valence-electron chi connectivity index (χ1n) is 30.0. The molecular formula is C61H109NO13. The van der Waals surface area contributed by atoms with E-state index in [9.17, 15) is 45.6 Å². The summed E-state index contributed by atoms with van der Waals surface area (Å²) < 4.78 is 22.7. The fraction of sp³-hybridized carbons (Fsp3) is 0.820. The minimum absolute atomic E-state index is 0.259. The van der Waals surface area contributed by atoms with Gasteiger partial charge in [0.15, 0.2) is 12.6 Å². The summed E-state index contributed by atoms with van der Waals surface area (Å²) in [6.45, 7) is 2.75. The number of allylic oxidation sites excluding steroid dienone is 9. The molecule has 14 heteroatoms. The number of hydrogen-bond acceptors (Lipinski definition) is 13. The Morgan fingerprint density at radius 2 is 0.893 bits per heavy atom. The molecular weight excluding hydrogens is 955 g/mol. The van der Waals surface area contributed by atoms with Gasteiger partial charge in [-0.15, -0.1) is 0 Å². The quantitative estimate of drug-likeness (QED) is 0.0204. The number of hydrogen-bond donors (Lipinski definition) is 9. The zero-order chi connectivity index (χ0) is 54.6. The van der Waals surface area contributed by atoms with Crippen LogP contribution in [0.15, 0.2) is 60.8 Å². The molecule has 2 aliphatic rings. The number of aliphatic hydroxyl groups is 8. The van der Waals surface area contributed by atoms with Crippen molar-refractivity contribution in [3.63, 3.8) is 0 Å². The zero-order valence-corrected chi connectivity index (χ0v) is 46.8. The van der Waals surface area contributed by atoms with Crippen LogP contribution in [0.3, 0.4) is 0 Å². The maximum Gasteiger partial charge on any atom is 0.220 e. The van der Waals surface area contributed by atoms with Crippen LogP contribution in [-0.2, 0) is 23.7 Å². The third kappa shape index (κ3) is 32.4. The van der Waals surface area contributed by atoms with E-state index < -0.39 is 86.8 Å². The van der Waals surface area contributed by atoms with Crippen LogP contribution in [-0.4, -0.2) is 140 Å². The molecule has 0 radical (unpaired) electrons. The second-order valence-corrected chi connectivity index (χ2v) is 21.1. The summed E-state index contributed by atoms with van der Waals surface area (Å²) in [6.07, 6.45) is 42.6. The summed E-state index contributed by atoms with van der Waals surface area (Å²) in [6, 6.07) is -0.944. The van der Waals surface area contributed by atoms with Crippen LogP contribution in [0.5, 0.6) is 0 Å². The maximum absolute atomic E-state index is 13.2. The average Bonchev–Trinajstić information content (AvgIpc) is 3.41. The van der Waals surface area contributed by atoms with Gasteiger partial charge in [0.2, 0.25) is 5.91 Å². The van der Waals surface area contributed by atoms with E-state index >= 15 is 0 Å². The molecule has 0 aliphatic carbocycles. The predicted molar refractivity (Wildman–Crippen MR) is 300 cm³/mol. The van der Waals surface area contributed by atoms with E-state index in [1.54, 1.807) is 6.08 Å². The Bertz CT molecular complexity index is 1490. The molecule has 0 aromatic rings. The molecule has 2 aliphatic heterocycles. The summed E-state index contributed by atoms with van der Waals surface area (Å²) in [5.41, 5.74) is 0. The molecule has 12 atom stereocenters. The van der Waals surface area contributed by atoms with E-state index in [0.29, 0.717) is 12.8 Å². The Morgan fingerprint density at radius 1 is 0.480 bits per heavy atom. The number of rotatable bonds is 47. The Hall–Kier alpha value is -2.31. The van der Waals surface area contributed by atoms with Crippen molar-refractivity contribution in [2.24, 2.45) is 0 Å². The molecule has 0 aromatic heterocycles. The third-order valence-electron chi connectivity index (χ3n) is 14.4. The molecule has 2 fully saturated rings. The number of carbonyl (C=O) groups excluding carboxylic acids is 1. The summed E-state index contributed by atoms with van der Waals surface area (Å²) in [5, 5.41) is 87.0. The molecule has 12 unspecified atom stereocenters. The van der Waals surface area contributed by atoms with E-state index in [-0.39, 0.29) is 18.9 Å². The van der Waals surface area contributed by atoms with Crippen molar-refractivity contribution in [1.82, 2.24) is 5.32 Å². The van der Waals surface area contributed by atoms with E-state index in [1.807, 2.05) is 6.08 Å². The van der Waals surface area contributed by atoms with Crippen molar-refractivity contribution in [3.8, 4) is 0 Å². The van der Waals surface area contributed by atoms with Gasteiger partial charge in [0.25, 0.3) is 0 Å². The van der Waals surface area contributed by atoms with Gasteiger partial charge in [0, 0.05) is 6.42 Å². The van der Waals surface area contributed by atoms with Gasteiger partial charge >= 0.3 is 0 Å². The topological polar surface area (TPSA) is 228 Å². The molecule has 14 nitrogen and oxygen atoms in total. The fourth-order valence-electron chi connectivity index (χ4n) is 9.53. The third-order valence-corrected chi connectivity index (χ3v) is 14.4. The maximum atomic E-state index is 13.2. The molecule has 0 bridgehead atoms. The van der Waals surface area contributed by atoms with Crippen LogP contribution in [0.1, 0.15) is 226 Å². The van der Waals surface area contributed by atoms with Crippen LogP contribution in [0.4, 0.5) is 0 Å². The summed E-state index contributed by atoms with van der Waals surface area (Å²) in [7, 11) is 0. The van der Waals surface area contributed by atoms with Crippen molar-refractivity contribution < 1.29 is 64.6 Å². The molecule has 2 rings (SSSR count). The van der Waals surface area contributed by atoms with Gasteiger partial charge in [0.1, 0.15) is 48.8 Å². The molecule has 436 valence electrons. The molecule has 0 spiro atoms. The van der Waals surface area contributed by atoms with Crippen LogP contribution < -0.4 is 5.32 Å². The van der Waals surface area contributed by atoms with Gasteiger partial charge in [-0.3, -0.25) is 4.79 Å². The van der Waals surface area contributed by atoms with Crippen LogP contribution >= 0.6 is 0 Å². The molecule has 0 saturated carbocycles.